The van der Waals surface area contributed by atoms with Gasteiger partial charge in [0.1, 0.15) is 12.4 Å². The average Bonchev–Trinajstić information content (AvgIpc) is 2.33. The van der Waals surface area contributed by atoms with Gasteiger partial charge in [0.15, 0.2) is 0 Å². The van der Waals surface area contributed by atoms with Gasteiger partial charge in [0, 0.05) is 23.8 Å². The molecule has 3 unspecified atom stereocenters. The minimum atomic E-state index is -1.08. The minimum Gasteiger partial charge on any atom is -0.478 e. The number of carbonyl (C=O) groups excluding carboxylic acids is 2. The Morgan fingerprint density at radius 2 is 2.17 bits per heavy atom. The second-order valence-electron chi connectivity index (χ2n) is 4.55. The molecule has 1 N–H and O–H groups in total. The molecule has 1 fully saturated rings. The van der Waals surface area contributed by atoms with E-state index in [-0.39, 0.29) is 29.1 Å². The van der Waals surface area contributed by atoms with E-state index in [9.17, 15) is 19.5 Å². The number of aliphatic carboxylic acids is 1. The van der Waals surface area contributed by atoms with Crippen LogP contribution in [0.25, 0.3) is 0 Å². The van der Waals surface area contributed by atoms with Gasteiger partial charge in [-0.25, -0.2) is 4.79 Å². The van der Waals surface area contributed by atoms with Crippen LogP contribution < -0.4 is 0 Å². The number of fused-ring (bicyclic) bond motifs is 1. The third-order valence-corrected chi connectivity index (χ3v) is 4.98. The van der Waals surface area contributed by atoms with Crippen molar-refractivity contribution in [3.63, 3.8) is 0 Å². The summed E-state index contributed by atoms with van der Waals surface area (Å²) in [7, 11) is 0. The lowest BCUT2D eigenvalue weighted by Gasteiger charge is -2.44. The van der Waals surface area contributed by atoms with E-state index in [0.717, 1.165) is 0 Å². The van der Waals surface area contributed by atoms with Gasteiger partial charge >= 0.3 is 11.9 Å². The van der Waals surface area contributed by atoms with Crippen molar-refractivity contribution >= 4 is 29.5 Å². The number of thioether (sulfide) groups is 1. The quantitative estimate of drug-likeness (QED) is 0.767. The molecule has 0 aromatic heterocycles. The first kappa shape index (κ1) is 13.1. The van der Waals surface area contributed by atoms with Crippen molar-refractivity contribution in [2.45, 2.75) is 19.1 Å². The van der Waals surface area contributed by atoms with Crippen LogP contribution in [0.15, 0.2) is 11.1 Å². The molecule has 5 nitrogen and oxygen atoms in total. The standard InChI is InChI=1S/C12H14O5S/c1-5-10(14)9-8(12(15)16)7(3-17-6(2)13)4-18-11(5)9/h5,9,11H,3-4H2,1-2H3,(H,15,16). The highest BCUT2D eigenvalue weighted by Gasteiger charge is 2.53. The van der Waals surface area contributed by atoms with Gasteiger partial charge < -0.3 is 9.84 Å². The molecule has 2 aliphatic rings. The third-order valence-electron chi connectivity index (χ3n) is 3.40. The molecule has 6 heteroatoms. The lowest BCUT2D eigenvalue weighted by Crippen LogP contribution is -2.53. The van der Waals surface area contributed by atoms with E-state index in [1.165, 1.54) is 6.92 Å². The summed E-state index contributed by atoms with van der Waals surface area (Å²) >= 11 is 1.57. The van der Waals surface area contributed by atoms with Crippen LogP contribution in [0.1, 0.15) is 13.8 Å². The molecule has 0 saturated heterocycles. The van der Waals surface area contributed by atoms with Gasteiger partial charge in [0.2, 0.25) is 0 Å². The van der Waals surface area contributed by atoms with E-state index < -0.39 is 17.9 Å². The van der Waals surface area contributed by atoms with Crippen molar-refractivity contribution < 1.29 is 24.2 Å². The summed E-state index contributed by atoms with van der Waals surface area (Å²) in [5.74, 6) is -1.65. The minimum absolute atomic E-state index is 0.0232. The topological polar surface area (TPSA) is 80.7 Å². The predicted octanol–water partition coefficient (Wildman–Crippen LogP) is 0.881. The number of rotatable bonds is 3. The second kappa shape index (κ2) is 4.76. The molecule has 98 valence electrons. The van der Waals surface area contributed by atoms with Gasteiger partial charge in [-0.1, -0.05) is 6.92 Å². The molecular formula is C12H14O5S. The average molecular weight is 270 g/mol. The van der Waals surface area contributed by atoms with Crippen LogP contribution in [0.3, 0.4) is 0 Å². The molecule has 1 aliphatic carbocycles. The largest absolute Gasteiger partial charge is 0.478 e. The lowest BCUT2D eigenvalue weighted by atomic mass is 9.68. The van der Waals surface area contributed by atoms with Crippen LogP contribution in [0.2, 0.25) is 0 Å². The van der Waals surface area contributed by atoms with Crippen LogP contribution in [0.4, 0.5) is 0 Å². The van der Waals surface area contributed by atoms with Crippen molar-refractivity contribution in [3.05, 3.63) is 11.1 Å². The second-order valence-corrected chi connectivity index (χ2v) is 5.71. The highest BCUT2D eigenvalue weighted by molar-refractivity contribution is 8.00. The van der Waals surface area contributed by atoms with Crippen LogP contribution in [-0.2, 0) is 19.1 Å². The Morgan fingerprint density at radius 1 is 1.50 bits per heavy atom. The van der Waals surface area contributed by atoms with Crippen molar-refractivity contribution in [1.82, 2.24) is 0 Å². The maximum atomic E-state index is 11.8. The number of carboxylic acid groups (broad SMARTS) is 1. The Balaban J connectivity index is 2.26. The molecule has 0 aromatic rings. The molecule has 2 rings (SSSR count). The Morgan fingerprint density at radius 3 is 2.72 bits per heavy atom. The summed E-state index contributed by atoms with van der Waals surface area (Å²) in [6.07, 6.45) is 0. The number of hydrogen-bond acceptors (Lipinski definition) is 5. The van der Waals surface area contributed by atoms with Crippen molar-refractivity contribution in [3.8, 4) is 0 Å². The molecule has 0 radical (unpaired) electrons. The van der Waals surface area contributed by atoms with E-state index >= 15 is 0 Å². The Hall–Kier alpha value is -1.30. The molecule has 3 atom stereocenters. The zero-order valence-corrected chi connectivity index (χ0v) is 11.0. The van der Waals surface area contributed by atoms with E-state index in [0.29, 0.717) is 11.3 Å². The van der Waals surface area contributed by atoms with Crippen molar-refractivity contribution in [2.24, 2.45) is 11.8 Å². The number of esters is 1. The van der Waals surface area contributed by atoms with Crippen LogP contribution in [0.5, 0.6) is 0 Å². The zero-order chi connectivity index (χ0) is 13.4. The van der Waals surface area contributed by atoms with Crippen LogP contribution >= 0.6 is 11.8 Å². The van der Waals surface area contributed by atoms with E-state index in [1.807, 2.05) is 6.92 Å². The van der Waals surface area contributed by atoms with Crippen LogP contribution in [-0.4, -0.2) is 40.4 Å². The SMILES string of the molecule is CC(=O)OCC1=C(C(=O)O)C2C(=O)C(C)C2SC1. The lowest BCUT2D eigenvalue weighted by molar-refractivity contribution is -0.141. The summed E-state index contributed by atoms with van der Waals surface area (Å²) in [5.41, 5.74) is 0.687. The van der Waals surface area contributed by atoms with Gasteiger partial charge in [-0.2, -0.15) is 11.8 Å². The molecule has 1 saturated carbocycles. The molecule has 0 bridgehead atoms. The summed E-state index contributed by atoms with van der Waals surface area (Å²) < 4.78 is 4.85. The highest BCUT2D eigenvalue weighted by atomic mass is 32.2. The highest BCUT2D eigenvalue weighted by Crippen LogP contribution is 2.48. The summed E-state index contributed by atoms with van der Waals surface area (Å²) in [6, 6.07) is 0. The number of ketones is 1. The third kappa shape index (κ3) is 2.05. The van der Waals surface area contributed by atoms with Gasteiger partial charge in [-0.3, -0.25) is 9.59 Å². The maximum Gasteiger partial charge on any atom is 0.332 e. The predicted molar refractivity (Wildman–Crippen MR) is 65.2 cm³/mol. The first-order valence-electron chi connectivity index (χ1n) is 5.67. The maximum absolute atomic E-state index is 11.8. The zero-order valence-electron chi connectivity index (χ0n) is 10.1. The van der Waals surface area contributed by atoms with Gasteiger partial charge in [-0.15, -0.1) is 0 Å². The molecule has 1 aliphatic heterocycles. The van der Waals surface area contributed by atoms with Gasteiger partial charge in [-0.05, 0) is 5.57 Å². The molecule has 0 aromatic carbocycles. The van der Waals surface area contributed by atoms with E-state index in [4.69, 9.17) is 4.74 Å². The van der Waals surface area contributed by atoms with E-state index in [2.05, 4.69) is 0 Å². The fourth-order valence-corrected chi connectivity index (χ4v) is 3.93. The first-order chi connectivity index (χ1) is 8.43. The molecule has 1 heterocycles. The fraction of sp³-hybridized carbons (Fsp3) is 0.583. The Bertz CT molecular complexity index is 453. The number of hydrogen-bond donors (Lipinski definition) is 1. The summed E-state index contributed by atoms with van der Waals surface area (Å²) in [5, 5.41) is 9.30. The van der Waals surface area contributed by atoms with Gasteiger partial charge in [0.05, 0.1) is 11.5 Å². The monoisotopic (exact) mass is 270 g/mol. The number of ether oxygens (including phenoxy) is 1. The summed E-state index contributed by atoms with van der Waals surface area (Å²) in [6.45, 7) is 3.07. The van der Waals surface area contributed by atoms with Crippen molar-refractivity contribution in [2.75, 3.05) is 12.4 Å². The number of Topliss-reactive ketones (excluding diaryl/α,β-unsaturated/α-hetero) is 1. The Labute approximate surface area is 109 Å². The molecule has 0 amide bonds. The normalized spacial score (nSPS) is 30.6. The fourth-order valence-electron chi connectivity index (χ4n) is 2.41. The molecule has 0 spiro atoms. The summed E-state index contributed by atoms with van der Waals surface area (Å²) in [4.78, 5) is 33.8. The van der Waals surface area contributed by atoms with E-state index in [1.54, 1.807) is 11.8 Å². The molecular weight excluding hydrogens is 256 g/mol. The van der Waals surface area contributed by atoms with Crippen LogP contribution in [0, 0.1) is 11.8 Å². The van der Waals surface area contributed by atoms with Crippen molar-refractivity contribution in [1.29, 1.82) is 0 Å². The number of carbonyl (C=O) groups is 3. The Kier molecular flexibility index (Phi) is 3.47. The first-order valence-corrected chi connectivity index (χ1v) is 6.72. The number of carboxylic acids is 1. The van der Waals surface area contributed by atoms with Gasteiger partial charge in [0.25, 0.3) is 0 Å². The smallest absolute Gasteiger partial charge is 0.332 e. The molecule has 18 heavy (non-hydrogen) atoms.